The number of nitrogens with zero attached hydrogens (tertiary/aromatic N) is 2. The quantitative estimate of drug-likeness (QED) is 0.585. The van der Waals surface area contributed by atoms with Crippen LogP contribution >= 0.6 is 0 Å². The van der Waals surface area contributed by atoms with Crippen molar-refractivity contribution in [1.82, 2.24) is 15.2 Å². The zero-order valence-corrected chi connectivity index (χ0v) is 14.2. The topological polar surface area (TPSA) is 104 Å². The highest BCUT2D eigenvalue weighted by Gasteiger charge is 2.15. The van der Waals surface area contributed by atoms with Crippen LogP contribution < -0.4 is 15.8 Å². The molecule has 2 heterocycles. The Kier molecular flexibility index (Phi) is 6.76. The van der Waals surface area contributed by atoms with Gasteiger partial charge >= 0.3 is 6.03 Å². The Balaban J connectivity index is 0.000000230. The molecule has 4 N–H and O–H groups in total. The second-order valence-electron chi connectivity index (χ2n) is 5.38. The first-order valence-corrected chi connectivity index (χ1v) is 8.11. The summed E-state index contributed by atoms with van der Waals surface area (Å²) < 4.78 is 5.18. The maximum atomic E-state index is 11.6. The van der Waals surface area contributed by atoms with Gasteiger partial charge in [0.15, 0.2) is 5.96 Å². The summed E-state index contributed by atoms with van der Waals surface area (Å²) in [6.07, 6.45) is 2.26. The number of carbonyl (C=O) groups is 1. The number of amides is 2. The summed E-state index contributed by atoms with van der Waals surface area (Å²) >= 11 is 0. The predicted molar refractivity (Wildman–Crippen MR) is 96.4 cm³/mol. The molecule has 2 bridgehead atoms. The number of urea groups is 1. The van der Waals surface area contributed by atoms with Gasteiger partial charge < -0.3 is 15.8 Å². The van der Waals surface area contributed by atoms with Gasteiger partial charge in [0.1, 0.15) is 12.4 Å². The largest absolute Gasteiger partial charge is 0.489 e. The van der Waals surface area contributed by atoms with Gasteiger partial charge in [0.05, 0.1) is 0 Å². The van der Waals surface area contributed by atoms with E-state index in [9.17, 15) is 4.79 Å². The number of hydrogen-bond acceptors (Lipinski definition) is 4. The average molecular weight is 341 g/mol. The molecule has 25 heavy (non-hydrogen) atoms. The van der Waals surface area contributed by atoms with E-state index < -0.39 is 0 Å². The van der Waals surface area contributed by atoms with Gasteiger partial charge in [0.2, 0.25) is 0 Å². The highest BCUT2D eigenvalue weighted by atomic mass is 16.5. The number of carbonyl (C=O) groups excluding carboxylic acids is 1. The summed E-state index contributed by atoms with van der Waals surface area (Å²) in [4.78, 5) is 16.9. The van der Waals surface area contributed by atoms with E-state index in [-0.39, 0.29) is 12.0 Å². The summed E-state index contributed by atoms with van der Waals surface area (Å²) in [6, 6.07) is 13.3. The fourth-order valence-corrected chi connectivity index (χ4v) is 2.24. The maximum absolute atomic E-state index is 11.6. The number of pyridine rings is 1. The third kappa shape index (κ3) is 5.80. The van der Waals surface area contributed by atoms with Gasteiger partial charge in [0.25, 0.3) is 0 Å². The van der Waals surface area contributed by atoms with Crippen molar-refractivity contribution < 1.29 is 9.53 Å². The van der Waals surface area contributed by atoms with Crippen LogP contribution in [-0.4, -0.2) is 35.0 Å². The predicted octanol–water partition coefficient (Wildman–Crippen LogP) is 2.13. The van der Waals surface area contributed by atoms with Crippen LogP contribution in [0.1, 0.15) is 18.2 Å². The van der Waals surface area contributed by atoms with E-state index in [4.69, 9.17) is 15.9 Å². The lowest BCUT2D eigenvalue weighted by Crippen LogP contribution is -2.47. The first-order chi connectivity index (χ1) is 12.1. The minimum Gasteiger partial charge on any atom is -0.489 e. The Morgan fingerprint density at radius 1 is 1.36 bits per heavy atom. The van der Waals surface area contributed by atoms with E-state index in [1.807, 2.05) is 37.3 Å². The van der Waals surface area contributed by atoms with Gasteiger partial charge in [-0.05, 0) is 36.8 Å². The van der Waals surface area contributed by atoms with E-state index >= 15 is 0 Å². The Bertz CT molecular complexity index is 686. The Morgan fingerprint density at radius 2 is 2.20 bits per heavy atom. The lowest BCUT2D eigenvalue weighted by Gasteiger charge is -2.20. The van der Waals surface area contributed by atoms with Crippen molar-refractivity contribution in [2.24, 2.45) is 5.73 Å². The standard InChI is InChI=1S/C11H17N5O.C7H6O/c1-2-14-11(17)16(10(12)13)8-6-9-5-3-4-7-15-9;1-2-6-4-7(3-1)8-5-6/h3-5,7H,2,6,8H2,1H3,(H3,12,13)(H,14,17);1-4H,5H2. The zero-order chi connectivity index (χ0) is 18.1. The summed E-state index contributed by atoms with van der Waals surface area (Å²) in [5.74, 6) is 0.745. The molecular weight excluding hydrogens is 318 g/mol. The van der Waals surface area contributed by atoms with Crippen molar-refractivity contribution in [2.75, 3.05) is 13.1 Å². The van der Waals surface area contributed by atoms with Crippen molar-refractivity contribution >= 4 is 12.0 Å². The molecule has 0 radical (unpaired) electrons. The molecule has 7 heteroatoms. The number of nitrogens with one attached hydrogen (secondary N) is 2. The highest BCUT2D eigenvalue weighted by Crippen LogP contribution is 2.20. The number of benzene rings is 1. The van der Waals surface area contributed by atoms with E-state index in [1.165, 1.54) is 10.5 Å². The molecule has 3 rings (SSSR count). The Hall–Kier alpha value is -3.09. The fourth-order valence-electron chi connectivity index (χ4n) is 2.24. The van der Waals surface area contributed by atoms with Crippen LogP contribution in [0.25, 0.3) is 0 Å². The maximum Gasteiger partial charge on any atom is 0.324 e. The molecule has 2 amide bonds. The van der Waals surface area contributed by atoms with Gasteiger partial charge in [-0.15, -0.1) is 0 Å². The second-order valence-corrected chi connectivity index (χ2v) is 5.38. The van der Waals surface area contributed by atoms with Gasteiger partial charge in [-0.1, -0.05) is 18.2 Å². The number of hydrogen-bond donors (Lipinski definition) is 3. The SMILES string of the molecule is CCNC(=O)N(CCc1ccccn1)C(=N)N.c1cc2cc(c1)OC2. The van der Waals surface area contributed by atoms with E-state index in [1.54, 1.807) is 6.20 Å². The third-order valence-corrected chi connectivity index (χ3v) is 3.49. The minimum absolute atomic E-state index is 0.258. The Morgan fingerprint density at radius 3 is 2.80 bits per heavy atom. The minimum atomic E-state index is -0.351. The van der Waals surface area contributed by atoms with E-state index in [2.05, 4.69) is 22.4 Å². The van der Waals surface area contributed by atoms with Crippen LogP contribution in [0.2, 0.25) is 0 Å². The number of nitrogens with two attached hydrogens (primary N) is 1. The normalized spacial score (nSPS) is 10.9. The first-order valence-electron chi connectivity index (χ1n) is 8.11. The lowest BCUT2D eigenvalue weighted by atomic mass is 10.2. The smallest absolute Gasteiger partial charge is 0.324 e. The van der Waals surface area contributed by atoms with Gasteiger partial charge in [0, 0.05) is 31.4 Å². The number of ether oxygens (including phenoxy) is 1. The second kappa shape index (κ2) is 9.27. The van der Waals surface area contributed by atoms with Crippen LogP contribution in [-0.2, 0) is 13.0 Å². The van der Waals surface area contributed by atoms with E-state index in [0.717, 1.165) is 18.1 Å². The van der Waals surface area contributed by atoms with Crippen LogP contribution in [0, 0.1) is 5.41 Å². The molecule has 1 aliphatic rings. The molecular formula is C18H23N5O2. The number of rotatable bonds is 4. The van der Waals surface area contributed by atoms with Gasteiger partial charge in [-0.3, -0.25) is 15.3 Å². The van der Waals surface area contributed by atoms with Crippen molar-refractivity contribution in [3.63, 3.8) is 0 Å². The lowest BCUT2D eigenvalue weighted by molar-refractivity contribution is 0.221. The zero-order valence-electron chi connectivity index (χ0n) is 14.2. The monoisotopic (exact) mass is 341 g/mol. The molecule has 1 aromatic carbocycles. The van der Waals surface area contributed by atoms with Crippen molar-refractivity contribution in [3.05, 3.63) is 59.9 Å². The Labute approximate surface area is 147 Å². The number of guanidine groups is 1. The number of fused-ring (bicyclic) bond motifs is 2. The summed E-state index contributed by atoms with van der Waals surface area (Å²) in [6.45, 7) is 3.43. The summed E-state index contributed by atoms with van der Waals surface area (Å²) in [5, 5.41) is 9.96. The molecule has 0 spiro atoms. The average Bonchev–Trinajstić information content (AvgIpc) is 2.94. The van der Waals surface area contributed by atoms with E-state index in [0.29, 0.717) is 19.5 Å². The molecule has 0 unspecified atom stereocenters. The molecule has 0 fully saturated rings. The molecule has 7 nitrogen and oxygen atoms in total. The van der Waals surface area contributed by atoms with Crippen molar-refractivity contribution in [1.29, 1.82) is 5.41 Å². The van der Waals surface area contributed by atoms with Crippen LogP contribution in [0.5, 0.6) is 5.75 Å². The van der Waals surface area contributed by atoms with Crippen LogP contribution in [0.3, 0.4) is 0 Å². The van der Waals surface area contributed by atoms with Crippen LogP contribution in [0.15, 0.2) is 48.7 Å². The fraction of sp³-hybridized carbons (Fsp3) is 0.278. The first kappa shape index (κ1) is 18.3. The molecule has 0 saturated heterocycles. The van der Waals surface area contributed by atoms with Crippen molar-refractivity contribution in [2.45, 2.75) is 20.0 Å². The van der Waals surface area contributed by atoms with Gasteiger partial charge in [-0.2, -0.15) is 0 Å². The summed E-state index contributed by atoms with van der Waals surface area (Å²) in [7, 11) is 0. The molecule has 132 valence electrons. The summed E-state index contributed by atoms with van der Waals surface area (Å²) in [5.41, 5.74) is 7.50. The molecule has 2 aromatic rings. The molecule has 1 aliphatic heterocycles. The third-order valence-electron chi connectivity index (χ3n) is 3.49. The van der Waals surface area contributed by atoms with Crippen LogP contribution in [0.4, 0.5) is 4.79 Å². The molecule has 0 saturated carbocycles. The molecule has 0 atom stereocenters. The highest BCUT2D eigenvalue weighted by molar-refractivity contribution is 5.93. The van der Waals surface area contributed by atoms with Crippen molar-refractivity contribution in [3.8, 4) is 5.75 Å². The number of aromatic nitrogens is 1. The molecule has 1 aromatic heterocycles. The van der Waals surface area contributed by atoms with Gasteiger partial charge in [-0.25, -0.2) is 4.79 Å². The molecule has 0 aliphatic carbocycles.